The number of nitrogens with one attached hydrogen (secondary N) is 1. The Kier molecular flexibility index (Phi) is 6.39. The van der Waals surface area contributed by atoms with Crippen LogP contribution in [0.2, 0.25) is 0 Å². The minimum atomic E-state index is 0.531. The number of benzene rings is 2. The summed E-state index contributed by atoms with van der Waals surface area (Å²) in [5, 5.41) is 5.45. The van der Waals surface area contributed by atoms with Gasteiger partial charge in [0, 0.05) is 21.6 Å². The van der Waals surface area contributed by atoms with Crippen LogP contribution in [-0.2, 0) is 13.2 Å². The van der Waals surface area contributed by atoms with Crippen LogP contribution in [0.3, 0.4) is 0 Å². The van der Waals surface area contributed by atoms with Gasteiger partial charge in [0.25, 0.3) is 0 Å². The van der Waals surface area contributed by atoms with Crippen LogP contribution in [0.1, 0.15) is 10.4 Å². The SMILES string of the molecule is COc1cc(CNc2ccc(Br)cc2)cc(Br)c1OCc1cccs1. The molecule has 0 aliphatic rings. The van der Waals surface area contributed by atoms with Crippen LogP contribution >= 0.6 is 43.2 Å². The van der Waals surface area contributed by atoms with Gasteiger partial charge in [0.15, 0.2) is 11.5 Å². The lowest BCUT2D eigenvalue weighted by molar-refractivity contribution is 0.285. The molecule has 3 rings (SSSR count). The molecule has 0 spiro atoms. The molecule has 0 fully saturated rings. The fourth-order valence-corrected chi connectivity index (χ4v) is 3.81. The summed E-state index contributed by atoms with van der Waals surface area (Å²) in [6.07, 6.45) is 0. The average molecular weight is 483 g/mol. The Hall–Kier alpha value is -1.50. The molecule has 0 atom stereocenters. The monoisotopic (exact) mass is 481 g/mol. The van der Waals surface area contributed by atoms with Gasteiger partial charge in [0.2, 0.25) is 0 Å². The first-order valence-electron chi connectivity index (χ1n) is 7.67. The lowest BCUT2D eigenvalue weighted by Crippen LogP contribution is -2.02. The van der Waals surface area contributed by atoms with Crippen molar-refractivity contribution >= 4 is 48.9 Å². The summed E-state index contributed by atoms with van der Waals surface area (Å²) < 4.78 is 13.4. The zero-order chi connectivity index (χ0) is 17.6. The Morgan fingerprint density at radius 1 is 1.08 bits per heavy atom. The number of anilines is 1. The number of ether oxygens (including phenoxy) is 2. The van der Waals surface area contributed by atoms with E-state index >= 15 is 0 Å². The first-order chi connectivity index (χ1) is 12.2. The molecule has 1 heterocycles. The Morgan fingerprint density at radius 2 is 1.88 bits per heavy atom. The minimum Gasteiger partial charge on any atom is -0.493 e. The molecule has 0 aliphatic carbocycles. The lowest BCUT2D eigenvalue weighted by Gasteiger charge is -2.15. The molecule has 6 heteroatoms. The zero-order valence-electron chi connectivity index (χ0n) is 13.6. The van der Waals surface area contributed by atoms with Gasteiger partial charge in [0.05, 0.1) is 11.6 Å². The van der Waals surface area contributed by atoms with Crippen LogP contribution in [-0.4, -0.2) is 7.11 Å². The summed E-state index contributed by atoms with van der Waals surface area (Å²) in [6, 6.07) is 16.2. The van der Waals surface area contributed by atoms with E-state index in [1.807, 2.05) is 41.8 Å². The van der Waals surface area contributed by atoms with Crippen molar-refractivity contribution in [2.75, 3.05) is 12.4 Å². The van der Waals surface area contributed by atoms with Crippen LogP contribution in [0.5, 0.6) is 11.5 Å². The largest absolute Gasteiger partial charge is 0.493 e. The standard InChI is InChI=1S/C19H17Br2NO2S/c1-23-18-10-13(11-22-15-6-4-14(20)5-7-15)9-17(21)19(18)24-12-16-3-2-8-25-16/h2-10,22H,11-12H2,1H3. The van der Waals surface area contributed by atoms with E-state index in [0.29, 0.717) is 13.2 Å². The zero-order valence-corrected chi connectivity index (χ0v) is 17.6. The molecule has 0 unspecified atom stereocenters. The van der Waals surface area contributed by atoms with Gasteiger partial charge in [-0.25, -0.2) is 0 Å². The topological polar surface area (TPSA) is 30.5 Å². The normalized spacial score (nSPS) is 10.5. The highest BCUT2D eigenvalue weighted by molar-refractivity contribution is 9.10. The third-order valence-electron chi connectivity index (χ3n) is 3.57. The Morgan fingerprint density at radius 3 is 2.56 bits per heavy atom. The maximum Gasteiger partial charge on any atom is 0.175 e. The number of rotatable bonds is 7. The molecular weight excluding hydrogens is 466 g/mol. The first kappa shape index (κ1) is 18.3. The van der Waals surface area contributed by atoms with Gasteiger partial charge in [-0.1, -0.05) is 22.0 Å². The van der Waals surface area contributed by atoms with Crippen LogP contribution in [0.25, 0.3) is 0 Å². The van der Waals surface area contributed by atoms with E-state index in [1.54, 1.807) is 18.4 Å². The van der Waals surface area contributed by atoms with E-state index in [2.05, 4.69) is 49.3 Å². The third kappa shape index (κ3) is 5.00. The van der Waals surface area contributed by atoms with Gasteiger partial charge in [-0.15, -0.1) is 11.3 Å². The highest BCUT2D eigenvalue weighted by Crippen LogP contribution is 2.37. The van der Waals surface area contributed by atoms with Crippen molar-refractivity contribution in [1.29, 1.82) is 0 Å². The molecule has 0 saturated carbocycles. The molecule has 1 aromatic heterocycles. The molecule has 1 N–H and O–H groups in total. The second-order valence-electron chi connectivity index (χ2n) is 5.34. The van der Waals surface area contributed by atoms with E-state index in [9.17, 15) is 0 Å². The van der Waals surface area contributed by atoms with Gasteiger partial charge in [0.1, 0.15) is 6.61 Å². The molecule has 0 radical (unpaired) electrons. The second-order valence-corrected chi connectivity index (χ2v) is 8.14. The summed E-state index contributed by atoms with van der Waals surface area (Å²) in [7, 11) is 1.66. The number of halogens is 2. The Bertz CT molecular complexity index is 820. The van der Waals surface area contributed by atoms with Crippen LogP contribution in [0.15, 0.2) is 62.9 Å². The van der Waals surface area contributed by atoms with Crippen molar-refractivity contribution < 1.29 is 9.47 Å². The maximum absolute atomic E-state index is 5.95. The van der Waals surface area contributed by atoms with Crippen molar-refractivity contribution in [1.82, 2.24) is 0 Å². The number of methoxy groups -OCH3 is 1. The third-order valence-corrected chi connectivity index (χ3v) is 5.54. The number of hydrogen-bond donors (Lipinski definition) is 1. The van der Waals surface area contributed by atoms with Gasteiger partial charge in [-0.2, -0.15) is 0 Å². The predicted molar refractivity (Wildman–Crippen MR) is 111 cm³/mol. The summed E-state index contributed by atoms with van der Waals surface area (Å²) in [4.78, 5) is 1.18. The van der Waals surface area contributed by atoms with Crippen molar-refractivity contribution in [3.05, 3.63) is 73.3 Å². The molecule has 0 amide bonds. The minimum absolute atomic E-state index is 0.531. The van der Waals surface area contributed by atoms with Crippen molar-refractivity contribution in [3.63, 3.8) is 0 Å². The lowest BCUT2D eigenvalue weighted by atomic mass is 10.2. The summed E-state index contributed by atoms with van der Waals surface area (Å²) in [5.41, 5.74) is 2.17. The highest BCUT2D eigenvalue weighted by atomic mass is 79.9. The van der Waals surface area contributed by atoms with Gasteiger partial charge in [-0.3, -0.25) is 0 Å². The average Bonchev–Trinajstić information content (AvgIpc) is 3.13. The summed E-state index contributed by atoms with van der Waals surface area (Å²) in [6.45, 7) is 1.23. The van der Waals surface area contributed by atoms with E-state index in [1.165, 1.54) is 4.88 Å². The van der Waals surface area contributed by atoms with E-state index in [-0.39, 0.29) is 0 Å². The van der Waals surface area contributed by atoms with E-state index < -0.39 is 0 Å². The van der Waals surface area contributed by atoms with Crippen molar-refractivity contribution in [2.45, 2.75) is 13.2 Å². The van der Waals surface area contributed by atoms with Gasteiger partial charge < -0.3 is 14.8 Å². The summed E-state index contributed by atoms with van der Waals surface area (Å²) >= 11 is 8.72. The molecule has 130 valence electrons. The quantitative estimate of drug-likeness (QED) is 0.418. The fourth-order valence-electron chi connectivity index (χ4n) is 2.33. The predicted octanol–water partition coefficient (Wildman–Crippen LogP) is 6.47. The molecule has 3 aromatic rings. The van der Waals surface area contributed by atoms with E-state index in [4.69, 9.17) is 9.47 Å². The highest BCUT2D eigenvalue weighted by Gasteiger charge is 2.12. The van der Waals surface area contributed by atoms with E-state index in [0.717, 1.165) is 31.7 Å². The molecule has 0 saturated heterocycles. The maximum atomic E-state index is 5.95. The van der Waals surface area contributed by atoms with Gasteiger partial charge in [-0.05, 0) is 69.3 Å². The Labute approximate surface area is 168 Å². The summed E-state index contributed by atoms with van der Waals surface area (Å²) in [5.74, 6) is 1.45. The van der Waals surface area contributed by atoms with Crippen molar-refractivity contribution in [2.24, 2.45) is 0 Å². The Balaban J connectivity index is 1.70. The molecule has 2 aromatic carbocycles. The number of thiophene rings is 1. The molecule has 0 aliphatic heterocycles. The molecule has 0 bridgehead atoms. The molecule has 3 nitrogen and oxygen atoms in total. The first-order valence-corrected chi connectivity index (χ1v) is 10.1. The van der Waals surface area contributed by atoms with Crippen LogP contribution < -0.4 is 14.8 Å². The van der Waals surface area contributed by atoms with Gasteiger partial charge >= 0.3 is 0 Å². The molecule has 25 heavy (non-hydrogen) atoms. The molecular formula is C19H17Br2NO2S. The van der Waals surface area contributed by atoms with Crippen LogP contribution in [0, 0.1) is 0 Å². The van der Waals surface area contributed by atoms with Crippen LogP contribution in [0.4, 0.5) is 5.69 Å². The van der Waals surface area contributed by atoms with Crippen molar-refractivity contribution in [3.8, 4) is 11.5 Å². The number of hydrogen-bond acceptors (Lipinski definition) is 4. The fraction of sp³-hybridized carbons (Fsp3) is 0.158. The smallest absolute Gasteiger partial charge is 0.175 e. The second kappa shape index (κ2) is 8.74.